The van der Waals surface area contributed by atoms with Gasteiger partial charge in [0.2, 0.25) is 6.41 Å². The van der Waals surface area contributed by atoms with Gasteiger partial charge in [-0.1, -0.05) is 30.3 Å². The van der Waals surface area contributed by atoms with Gasteiger partial charge < -0.3 is 16.6 Å². The summed E-state index contributed by atoms with van der Waals surface area (Å²) < 4.78 is 0. The number of nitrogens with two attached hydrogens (primary N) is 2. The van der Waals surface area contributed by atoms with Gasteiger partial charge in [0.1, 0.15) is 6.04 Å². The van der Waals surface area contributed by atoms with Crippen LogP contribution >= 0.6 is 0 Å². The summed E-state index contributed by atoms with van der Waals surface area (Å²) in [4.78, 5) is 19.0. The molecule has 1 aromatic carbocycles. The predicted molar refractivity (Wildman–Crippen MR) is 56.0 cm³/mol. The molecule has 0 fully saturated rings. The van der Waals surface area contributed by atoms with Crippen LogP contribution in [0.3, 0.4) is 0 Å². The van der Waals surface area contributed by atoms with E-state index >= 15 is 0 Å². The fourth-order valence-electron chi connectivity index (χ4n) is 0.955. The lowest BCUT2D eigenvalue weighted by molar-refractivity contribution is -0.138. The van der Waals surface area contributed by atoms with Gasteiger partial charge in [-0.15, -0.1) is 0 Å². The number of primary amides is 1. The van der Waals surface area contributed by atoms with E-state index in [1.165, 1.54) is 0 Å². The van der Waals surface area contributed by atoms with Gasteiger partial charge in [0.15, 0.2) is 0 Å². The Balaban J connectivity index is 0.000000583. The van der Waals surface area contributed by atoms with Crippen LogP contribution in [0.1, 0.15) is 5.56 Å². The van der Waals surface area contributed by atoms with Crippen molar-refractivity contribution in [2.45, 2.75) is 12.5 Å². The van der Waals surface area contributed by atoms with Crippen molar-refractivity contribution in [1.82, 2.24) is 0 Å². The van der Waals surface area contributed by atoms with E-state index in [9.17, 15) is 4.79 Å². The van der Waals surface area contributed by atoms with Gasteiger partial charge >= 0.3 is 5.97 Å². The van der Waals surface area contributed by atoms with E-state index in [0.29, 0.717) is 6.42 Å². The second-order valence-corrected chi connectivity index (χ2v) is 2.77. The molecule has 0 radical (unpaired) electrons. The van der Waals surface area contributed by atoms with Gasteiger partial charge in [-0.05, 0) is 12.0 Å². The molecule has 1 aromatic rings. The van der Waals surface area contributed by atoms with E-state index < -0.39 is 12.0 Å². The number of carbonyl (C=O) groups is 2. The molecule has 0 unspecified atom stereocenters. The minimum absolute atomic E-state index is 0.250. The van der Waals surface area contributed by atoms with Crippen LogP contribution in [-0.2, 0) is 16.0 Å². The third-order valence-corrected chi connectivity index (χ3v) is 1.62. The minimum atomic E-state index is -0.959. The first kappa shape index (κ1) is 13.1. The van der Waals surface area contributed by atoms with Crippen molar-refractivity contribution in [2.75, 3.05) is 0 Å². The predicted octanol–water partition coefficient (Wildman–Crippen LogP) is -0.257. The molecule has 1 atom stereocenters. The highest BCUT2D eigenvalue weighted by molar-refractivity contribution is 5.73. The second kappa shape index (κ2) is 7.52. The Morgan fingerprint density at radius 2 is 1.87 bits per heavy atom. The molecule has 0 heterocycles. The quantitative estimate of drug-likeness (QED) is 0.597. The molecule has 1 rings (SSSR count). The lowest BCUT2D eigenvalue weighted by Crippen LogP contribution is -2.32. The van der Waals surface area contributed by atoms with Crippen molar-refractivity contribution in [3.63, 3.8) is 0 Å². The van der Waals surface area contributed by atoms with E-state index in [0.717, 1.165) is 5.56 Å². The largest absolute Gasteiger partial charge is 0.480 e. The zero-order valence-electron chi connectivity index (χ0n) is 8.17. The highest BCUT2D eigenvalue weighted by Crippen LogP contribution is 2.01. The average molecular weight is 210 g/mol. The molecular weight excluding hydrogens is 196 g/mol. The van der Waals surface area contributed by atoms with Crippen LogP contribution in [0.4, 0.5) is 0 Å². The zero-order chi connectivity index (χ0) is 11.7. The highest BCUT2D eigenvalue weighted by Gasteiger charge is 2.10. The van der Waals surface area contributed by atoms with Crippen LogP contribution < -0.4 is 11.5 Å². The third kappa shape index (κ3) is 6.23. The first-order chi connectivity index (χ1) is 7.11. The summed E-state index contributed by atoms with van der Waals surface area (Å²) in [7, 11) is 0. The minimum Gasteiger partial charge on any atom is -0.480 e. The van der Waals surface area contributed by atoms with Crippen LogP contribution in [0.2, 0.25) is 0 Å². The zero-order valence-corrected chi connectivity index (χ0v) is 8.17. The fraction of sp³-hybridized carbons (Fsp3) is 0.200. The van der Waals surface area contributed by atoms with Crippen LogP contribution in [0.25, 0.3) is 0 Å². The van der Waals surface area contributed by atoms with Crippen LogP contribution in [0.5, 0.6) is 0 Å². The van der Waals surface area contributed by atoms with E-state index in [-0.39, 0.29) is 6.41 Å². The van der Waals surface area contributed by atoms with Gasteiger partial charge in [0, 0.05) is 0 Å². The third-order valence-electron chi connectivity index (χ3n) is 1.62. The van der Waals surface area contributed by atoms with Gasteiger partial charge in [-0.25, -0.2) is 0 Å². The molecule has 15 heavy (non-hydrogen) atoms. The van der Waals surface area contributed by atoms with Gasteiger partial charge in [0.05, 0.1) is 0 Å². The van der Waals surface area contributed by atoms with Crippen molar-refractivity contribution in [1.29, 1.82) is 0 Å². The Morgan fingerprint density at radius 3 is 2.27 bits per heavy atom. The SMILES string of the molecule is NC=O.N[C@@H](Cc1ccccc1)C(=O)O. The first-order valence-electron chi connectivity index (χ1n) is 4.29. The van der Waals surface area contributed by atoms with Crippen molar-refractivity contribution in [3.8, 4) is 0 Å². The maximum absolute atomic E-state index is 10.4. The molecular formula is C10H14N2O3. The molecule has 0 saturated carbocycles. The Bertz CT molecular complexity index is 301. The van der Waals surface area contributed by atoms with Gasteiger partial charge in [-0.2, -0.15) is 0 Å². The maximum Gasteiger partial charge on any atom is 0.320 e. The number of carboxylic acid groups (broad SMARTS) is 1. The first-order valence-corrected chi connectivity index (χ1v) is 4.29. The summed E-state index contributed by atoms with van der Waals surface area (Å²) in [5.41, 5.74) is 10.5. The number of hydrogen-bond donors (Lipinski definition) is 3. The number of amides is 1. The van der Waals surface area contributed by atoms with Crippen molar-refractivity contribution < 1.29 is 14.7 Å². The monoisotopic (exact) mass is 210 g/mol. The number of aliphatic carboxylic acids is 1. The molecule has 5 heteroatoms. The molecule has 0 aliphatic heterocycles. The standard InChI is InChI=1S/C9H11NO2.CH3NO/c10-8(9(11)12)6-7-4-2-1-3-5-7;2-1-3/h1-5,8H,6,10H2,(H,11,12);1H,(H2,2,3)/t8-;/m0./s1. The lowest BCUT2D eigenvalue weighted by Gasteiger charge is -2.04. The lowest BCUT2D eigenvalue weighted by atomic mass is 10.1. The highest BCUT2D eigenvalue weighted by atomic mass is 16.4. The number of hydrogen-bond acceptors (Lipinski definition) is 3. The van der Waals surface area contributed by atoms with Gasteiger partial charge in [0.25, 0.3) is 0 Å². The number of carbonyl (C=O) groups excluding carboxylic acids is 1. The summed E-state index contributed by atoms with van der Waals surface area (Å²) in [5, 5.41) is 8.52. The summed E-state index contributed by atoms with van der Waals surface area (Å²) in [6.07, 6.45) is 0.635. The van der Waals surface area contributed by atoms with Crippen molar-refractivity contribution in [3.05, 3.63) is 35.9 Å². The molecule has 0 bridgehead atoms. The molecule has 5 N–H and O–H groups in total. The summed E-state index contributed by atoms with van der Waals surface area (Å²) >= 11 is 0. The molecule has 82 valence electrons. The molecule has 0 saturated heterocycles. The summed E-state index contributed by atoms with van der Waals surface area (Å²) in [6.45, 7) is 0. The van der Waals surface area contributed by atoms with Crippen LogP contribution in [0, 0.1) is 0 Å². The van der Waals surface area contributed by atoms with Gasteiger partial charge in [-0.3, -0.25) is 9.59 Å². The smallest absolute Gasteiger partial charge is 0.320 e. The fourth-order valence-corrected chi connectivity index (χ4v) is 0.955. The Labute approximate surface area is 87.7 Å². The summed E-state index contributed by atoms with van der Waals surface area (Å²) in [6, 6.07) is 8.54. The Hall–Kier alpha value is -1.88. The van der Waals surface area contributed by atoms with Crippen LogP contribution in [-0.4, -0.2) is 23.5 Å². The van der Waals surface area contributed by atoms with E-state index in [1.54, 1.807) is 0 Å². The normalized spacial score (nSPS) is 10.7. The molecule has 0 aliphatic rings. The Kier molecular flexibility index (Phi) is 6.57. The number of benzene rings is 1. The molecule has 1 amide bonds. The molecule has 0 aliphatic carbocycles. The average Bonchev–Trinajstić information content (AvgIpc) is 2.20. The van der Waals surface area contributed by atoms with E-state index in [2.05, 4.69) is 5.73 Å². The number of rotatable bonds is 3. The topological polar surface area (TPSA) is 106 Å². The molecule has 0 spiro atoms. The summed E-state index contributed by atoms with van der Waals surface area (Å²) in [5.74, 6) is -0.959. The van der Waals surface area contributed by atoms with Crippen LogP contribution in [0.15, 0.2) is 30.3 Å². The molecule has 5 nitrogen and oxygen atoms in total. The van der Waals surface area contributed by atoms with Crippen molar-refractivity contribution >= 4 is 12.4 Å². The maximum atomic E-state index is 10.4. The van der Waals surface area contributed by atoms with E-state index in [4.69, 9.17) is 15.6 Å². The Morgan fingerprint density at radius 1 is 1.40 bits per heavy atom. The number of carboxylic acids is 1. The molecule has 0 aromatic heterocycles. The van der Waals surface area contributed by atoms with E-state index in [1.807, 2.05) is 30.3 Å². The second-order valence-electron chi connectivity index (χ2n) is 2.77. The van der Waals surface area contributed by atoms with Crippen molar-refractivity contribution in [2.24, 2.45) is 11.5 Å².